The maximum absolute atomic E-state index is 11.8. The van der Waals surface area contributed by atoms with Gasteiger partial charge in [-0.2, -0.15) is 4.99 Å². The molecular formula is C16H18ClN3O4S. The topological polar surface area (TPSA) is 101 Å². The monoisotopic (exact) mass is 383 g/mol. The van der Waals surface area contributed by atoms with Crippen molar-refractivity contribution in [1.29, 1.82) is 0 Å². The molecule has 1 aliphatic rings. The standard InChI is InChI=1S/C16H17N3O4S.ClH/c1-3-8-23-13-9-10(24(2,21)22)4-5-11(13)15-17-12-6-7-14(20)18-16(12)19-15;/h4-6,9H,3,7-8H2,1-2H3,(H,17,18,19,20);1H. The molecule has 2 aromatic rings. The van der Waals surface area contributed by atoms with Gasteiger partial charge in [0, 0.05) is 12.7 Å². The fourth-order valence-corrected chi connectivity index (χ4v) is 2.98. The highest BCUT2D eigenvalue weighted by atomic mass is 35.5. The summed E-state index contributed by atoms with van der Waals surface area (Å²) in [5, 5.41) is 0.679. The fourth-order valence-electron chi connectivity index (χ4n) is 2.35. The number of nitrogens with zero attached hydrogens (tertiary/aromatic N) is 2. The van der Waals surface area contributed by atoms with Crippen molar-refractivity contribution in [3.8, 4) is 17.1 Å². The number of benzene rings is 1. The molecule has 0 bridgehead atoms. The number of rotatable bonds is 5. The molecule has 0 aliphatic carbocycles. The molecule has 0 atom stereocenters. The largest absolute Gasteiger partial charge is 0.493 e. The number of H-pyrrole nitrogens is 1. The summed E-state index contributed by atoms with van der Waals surface area (Å²) in [6.07, 6.45) is 3.91. The number of imidazole rings is 1. The summed E-state index contributed by atoms with van der Waals surface area (Å²) in [6, 6.07) is 4.65. The van der Waals surface area contributed by atoms with Crippen LogP contribution < -0.4 is 15.6 Å². The van der Waals surface area contributed by atoms with E-state index in [4.69, 9.17) is 4.74 Å². The Bertz CT molecular complexity index is 1030. The average Bonchev–Trinajstić information content (AvgIpc) is 2.94. The molecule has 2 heterocycles. The number of carbonyl (C=O) groups is 1. The van der Waals surface area contributed by atoms with Crippen LogP contribution in [0.2, 0.25) is 0 Å². The normalized spacial score (nSPS) is 13.3. The summed E-state index contributed by atoms with van der Waals surface area (Å²) >= 11 is 0. The van der Waals surface area contributed by atoms with E-state index >= 15 is 0 Å². The van der Waals surface area contributed by atoms with Crippen molar-refractivity contribution in [3.05, 3.63) is 29.0 Å². The lowest BCUT2D eigenvalue weighted by Crippen LogP contribution is -2.29. The minimum atomic E-state index is -3.34. The number of sulfone groups is 1. The number of halogens is 1. The van der Waals surface area contributed by atoms with Gasteiger partial charge < -0.3 is 9.72 Å². The number of amides is 1. The van der Waals surface area contributed by atoms with Crippen LogP contribution in [-0.2, 0) is 14.6 Å². The quantitative estimate of drug-likeness (QED) is 0.830. The molecule has 0 spiro atoms. The Balaban J connectivity index is 0.00000225. The second kappa shape index (κ2) is 7.37. The van der Waals surface area contributed by atoms with Crippen LogP contribution in [0.4, 0.5) is 0 Å². The predicted octanol–water partition coefficient (Wildman–Crippen LogP) is 1.02. The van der Waals surface area contributed by atoms with Crippen LogP contribution in [0.15, 0.2) is 28.1 Å². The molecule has 25 heavy (non-hydrogen) atoms. The second-order valence-corrected chi connectivity index (χ2v) is 7.53. The van der Waals surface area contributed by atoms with Gasteiger partial charge in [0.05, 0.1) is 22.4 Å². The van der Waals surface area contributed by atoms with E-state index in [1.54, 1.807) is 12.1 Å². The highest BCUT2D eigenvalue weighted by Crippen LogP contribution is 2.29. The van der Waals surface area contributed by atoms with Crippen molar-refractivity contribution in [1.82, 2.24) is 9.97 Å². The number of aromatic nitrogens is 2. The Labute approximate surface area is 151 Å². The predicted molar refractivity (Wildman–Crippen MR) is 95.0 cm³/mol. The van der Waals surface area contributed by atoms with Crippen LogP contribution in [0, 0.1) is 0 Å². The lowest BCUT2D eigenvalue weighted by atomic mass is 10.2. The van der Waals surface area contributed by atoms with E-state index in [9.17, 15) is 13.2 Å². The first-order chi connectivity index (χ1) is 11.4. The molecule has 134 valence electrons. The summed E-state index contributed by atoms with van der Waals surface area (Å²) in [4.78, 5) is 22.9. The summed E-state index contributed by atoms with van der Waals surface area (Å²) in [5.41, 5.74) is 0.969. The third kappa shape index (κ3) is 4.08. The Kier molecular flexibility index (Phi) is 5.64. The van der Waals surface area contributed by atoms with Gasteiger partial charge in [-0.05, 0) is 30.7 Å². The van der Waals surface area contributed by atoms with Gasteiger partial charge in [-0.15, -0.1) is 12.4 Å². The van der Waals surface area contributed by atoms with Crippen molar-refractivity contribution in [3.63, 3.8) is 0 Å². The molecule has 0 saturated carbocycles. The van der Waals surface area contributed by atoms with Crippen molar-refractivity contribution < 1.29 is 17.9 Å². The zero-order valence-electron chi connectivity index (χ0n) is 13.8. The Morgan fingerprint density at radius 2 is 2.08 bits per heavy atom. The van der Waals surface area contributed by atoms with Gasteiger partial charge in [0.2, 0.25) is 0 Å². The number of carbonyl (C=O) groups excluding carboxylic acids is 1. The highest BCUT2D eigenvalue weighted by molar-refractivity contribution is 7.90. The highest BCUT2D eigenvalue weighted by Gasteiger charge is 2.16. The van der Waals surface area contributed by atoms with Gasteiger partial charge >= 0.3 is 0 Å². The molecule has 0 unspecified atom stereocenters. The molecule has 1 aromatic heterocycles. The van der Waals surface area contributed by atoms with Crippen LogP contribution in [0.5, 0.6) is 5.75 Å². The van der Waals surface area contributed by atoms with Crippen molar-refractivity contribution in [2.45, 2.75) is 24.7 Å². The molecule has 1 aromatic carbocycles. The molecule has 1 amide bonds. The maximum atomic E-state index is 11.8. The van der Waals surface area contributed by atoms with E-state index < -0.39 is 9.84 Å². The Morgan fingerprint density at radius 1 is 1.32 bits per heavy atom. The van der Waals surface area contributed by atoms with Crippen molar-refractivity contribution in [2.24, 2.45) is 4.99 Å². The molecule has 1 aliphatic heterocycles. The first-order valence-electron chi connectivity index (χ1n) is 7.53. The van der Waals surface area contributed by atoms with E-state index in [0.29, 0.717) is 34.6 Å². The number of nitrogens with one attached hydrogen (secondary N) is 1. The molecular weight excluding hydrogens is 366 g/mol. The third-order valence-electron chi connectivity index (χ3n) is 3.52. The van der Waals surface area contributed by atoms with E-state index in [1.165, 1.54) is 12.1 Å². The first-order valence-corrected chi connectivity index (χ1v) is 9.42. The number of aromatic amines is 1. The number of hydrogen-bond acceptors (Lipinski definition) is 5. The van der Waals surface area contributed by atoms with Gasteiger partial charge in [-0.3, -0.25) is 4.79 Å². The van der Waals surface area contributed by atoms with Crippen molar-refractivity contribution in [2.75, 3.05) is 12.9 Å². The van der Waals surface area contributed by atoms with E-state index in [0.717, 1.165) is 12.7 Å². The van der Waals surface area contributed by atoms with Gasteiger partial charge in [0.1, 0.15) is 11.6 Å². The average molecular weight is 384 g/mol. The van der Waals surface area contributed by atoms with E-state index in [2.05, 4.69) is 15.0 Å². The summed E-state index contributed by atoms with van der Waals surface area (Å²) in [7, 11) is -3.34. The number of fused-ring (bicyclic) bond motifs is 1. The minimum Gasteiger partial charge on any atom is -0.493 e. The molecule has 7 nitrogen and oxygen atoms in total. The fraction of sp³-hybridized carbons (Fsp3) is 0.312. The van der Waals surface area contributed by atoms with Crippen LogP contribution in [0.25, 0.3) is 17.5 Å². The number of hydrogen-bond donors (Lipinski definition) is 1. The van der Waals surface area contributed by atoms with Gasteiger partial charge in [-0.25, -0.2) is 13.4 Å². The van der Waals surface area contributed by atoms with Gasteiger partial charge in [0.25, 0.3) is 5.91 Å². The van der Waals surface area contributed by atoms with Crippen LogP contribution in [0.1, 0.15) is 19.8 Å². The molecule has 1 N–H and O–H groups in total. The van der Waals surface area contributed by atoms with Crippen LogP contribution in [-0.4, -0.2) is 37.2 Å². The molecule has 9 heteroatoms. The molecule has 3 rings (SSSR count). The summed E-state index contributed by atoms with van der Waals surface area (Å²) < 4.78 is 29.2. The Hall–Kier alpha value is -2.19. The van der Waals surface area contributed by atoms with Gasteiger partial charge in [-0.1, -0.05) is 6.92 Å². The summed E-state index contributed by atoms with van der Waals surface area (Å²) in [6.45, 7) is 2.42. The lowest BCUT2D eigenvalue weighted by Gasteiger charge is -2.11. The van der Waals surface area contributed by atoms with Crippen molar-refractivity contribution >= 4 is 34.2 Å². The molecule has 0 radical (unpaired) electrons. The minimum absolute atomic E-state index is 0. The second-order valence-electron chi connectivity index (χ2n) is 5.52. The summed E-state index contributed by atoms with van der Waals surface area (Å²) in [5.74, 6) is 0.675. The number of ether oxygens (including phenoxy) is 1. The molecule has 0 fully saturated rings. The lowest BCUT2D eigenvalue weighted by molar-refractivity contribution is -0.117. The van der Waals surface area contributed by atoms with E-state index in [1.807, 2.05) is 6.92 Å². The molecule has 0 saturated heterocycles. The Morgan fingerprint density at radius 3 is 2.76 bits per heavy atom. The SMILES string of the molecule is CCCOc1cc(S(C)(=O)=O)ccc1-c1nc2c([nH]1)=CCC(=O)N=2.Cl. The zero-order valence-corrected chi connectivity index (χ0v) is 15.4. The third-order valence-corrected chi connectivity index (χ3v) is 4.63. The smallest absolute Gasteiger partial charge is 0.251 e. The van der Waals surface area contributed by atoms with E-state index in [-0.39, 0.29) is 29.6 Å². The van der Waals surface area contributed by atoms with Crippen LogP contribution in [0.3, 0.4) is 0 Å². The zero-order chi connectivity index (χ0) is 17.3. The maximum Gasteiger partial charge on any atom is 0.251 e. The van der Waals surface area contributed by atoms with Gasteiger partial charge in [0.15, 0.2) is 15.3 Å². The first kappa shape index (κ1) is 19.1. The van der Waals surface area contributed by atoms with Crippen LogP contribution >= 0.6 is 12.4 Å².